The van der Waals surface area contributed by atoms with Crippen molar-refractivity contribution < 1.29 is 9.53 Å². The van der Waals surface area contributed by atoms with E-state index >= 15 is 0 Å². The van der Waals surface area contributed by atoms with E-state index < -0.39 is 0 Å². The summed E-state index contributed by atoms with van der Waals surface area (Å²) in [6, 6.07) is 0. The lowest BCUT2D eigenvalue weighted by atomic mass is 9.87. The summed E-state index contributed by atoms with van der Waals surface area (Å²) in [5.74, 6) is 0.801. The Morgan fingerprint density at radius 3 is 2.68 bits per heavy atom. The number of carbonyl (C=O) groups excluding carboxylic acids is 1. The van der Waals surface area contributed by atoms with Crippen molar-refractivity contribution in [2.24, 2.45) is 11.8 Å². The predicted octanol–water partition coefficient (Wildman–Crippen LogP) is 4.67. The van der Waals surface area contributed by atoms with E-state index in [9.17, 15) is 4.79 Å². The molecular formula is C22H33NO2. The van der Waals surface area contributed by atoms with Gasteiger partial charge in [-0.05, 0) is 43.8 Å². The third-order valence-corrected chi connectivity index (χ3v) is 4.62. The van der Waals surface area contributed by atoms with E-state index in [2.05, 4.69) is 55.3 Å². The zero-order chi connectivity index (χ0) is 18.2. The SMILES string of the molecule is CC(C)OCCN1C=C(C2=CC(CC(=O)C(C)C)CC=C2)C=CCC1. The maximum Gasteiger partial charge on any atom is 0.136 e. The quantitative estimate of drug-likeness (QED) is 0.641. The number of hydrogen-bond acceptors (Lipinski definition) is 3. The fraction of sp³-hybridized carbons (Fsp3) is 0.591. The number of Topliss-reactive ketones (excluding diaryl/α,β-unsaturated/α-hetero) is 1. The molecule has 0 saturated heterocycles. The van der Waals surface area contributed by atoms with Crippen LogP contribution in [0.5, 0.6) is 0 Å². The van der Waals surface area contributed by atoms with Crippen molar-refractivity contribution in [2.45, 2.75) is 53.1 Å². The number of ketones is 1. The molecule has 1 heterocycles. The normalized spacial score (nSPS) is 20.7. The highest BCUT2D eigenvalue weighted by molar-refractivity contribution is 5.80. The van der Waals surface area contributed by atoms with Crippen LogP contribution in [0.1, 0.15) is 47.0 Å². The van der Waals surface area contributed by atoms with Gasteiger partial charge in [0.15, 0.2) is 0 Å². The van der Waals surface area contributed by atoms with Gasteiger partial charge in [-0.25, -0.2) is 0 Å². The van der Waals surface area contributed by atoms with Gasteiger partial charge in [0.25, 0.3) is 0 Å². The molecule has 0 aromatic heterocycles. The topological polar surface area (TPSA) is 29.5 Å². The number of hydrogen-bond donors (Lipinski definition) is 0. The maximum absolute atomic E-state index is 12.1. The van der Waals surface area contributed by atoms with Gasteiger partial charge in [-0.3, -0.25) is 4.79 Å². The van der Waals surface area contributed by atoms with Crippen molar-refractivity contribution in [3.8, 4) is 0 Å². The molecule has 3 heteroatoms. The zero-order valence-corrected chi connectivity index (χ0v) is 16.2. The highest BCUT2D eigenvalue weighted by Gasteiger charge is 2.17. The predicted molar refractivity (Wildman–Crippen MR) is 104 cm³/mol. The van der Waals surface area contributed by atoms with Crippen LogP contribution >= 0.6 is 0 Å². The molecule has 0 amide bonds. The molecule has 0 bridgehead atoms. The van der Waals surface area contributed by atoms with Crippen molar-refractivity contribution >= 4 is 5.78 Å². The van der Waals surface area contributed by atoms with Crippen LogP contribution in [0.3, 0.4) is 0 Å². The zero-order valence-electron chi connectivity index (χ0n) is 16.2. The molecule has 0 aromatic rings. The average molecular weight is 344 g/mol. The molecule has 0 saturated carbocycles. The largest absolute Gasteiger partial charge is 0.377 e. The second-order valence-corrected chi connectivity index (χ2v) is 7.58. The Labute approximate surface area is 153 Å². The molecule has 0 N–H and O–H groups in total. The average Bonchev–Trinajstić information content (AvgIpc) is 2.80. The van der Waals surface area contributed by atoms with E-state index in [1.807, 2.05) is 13.8 Å². The lowest BCUT2D eigenvalue weighted by Gasteiger charge is -2.22. The van der Waals surface area contributed by atoms with Gasteiger partial charge in [-0.2, -0.15) is 0 Å². The number of ether oxygens (including phenoxy) is 1. The Hall–Kier alpha value is -1.61. The summed E-state index contributed by atoms with van der Waals surface area (Å²) < 4.78 is 5.69. The van der Waals surface area contributed by atoms with Crippen LogP contribution in [-0.4, -0.2) is 36.5 Å². The summed E-state index contributed by atoms with van der Waals surface area (Å²) in [6.45, 7) is 10.8. The molecule has 25 heavy (non-hydrogen) atoms. The van der Waals surface area contributed by atoms with E-state index in [0.717, 1.165) is 32.5 Å². The van der Waals surface area contributed by atoms with Gasteiger partial charge >= 0.3 is 0 Å². The molecule has 0 fully saturated rings. The van der Waals surface area contributed by atoms with Crippen molar-refractivity contribution in [1.29, 1.82) is 0 Å². The van der Waals surface area contributed by atoms with Gasteiger partial charge in [-0.15, -0.1) is 0 Å². The van der Waals surface area contributed by atoms with Crippen LogP contribution in [0.2, 0.25) is 0 Å². The number of rotatable bonds is 8. The fourth-order valence-electron chi connectivity index (χ4n) is 3.08. The Morgan fingerprint density at radius 1 is 1.20 bits per heavy atom. The van der Waals surface area contributed by atoms with Crippen molar-refractivity contribution in [1.82, 2.24) is 4.90 Å². The standard InChI is InChI=1S/C22H33NO2/c1-17(2)22(24)15-19-8-7-10-20(14-19)21-9-5-6-11-23(16-21)12-13-25-18(3)4/h5,7,9-10,14,16-19H,6,8,11-13,15H2,1-4H3. The summed E-state index contributed by atoms with van der Waals surface area (Å²) in [4.78, 5) is 14.4. The second kappa shape index (κ2) is 9.76. The number of carbonyl (C=O) groups is 1. The minimum absolute atomic E-state index is 0.121. The molecule has 0 spiro atoms. The summed E-state index contributed by atoms with van der Waals surface area (Å²) in [6.07, 6.45) is 16.3. The summed E-state index contributed by atoms with van der Waals surface area (Å²) in [5.41, 5.74) is 2.47. The molecule has 3 nitrogen and oxygen atoms in total. The first kappa shape index (κ1) is 19.7. The van der Waals surface area contributed by atoms with Gasteiger partial charge in [-0.1, -0.05) is 44.2 Å². The molecule has 138 valence electrons. The first-order valence-corrected chi connectivity index (χ1v) is 9.61. The minimum Gasteiger partial charge on any atom is -0.377 e. The smallest absolute Gasteiger partial charge is 0.136 e. The lowest BCUT2D eigenvalue weighted by molar-refractivity contribution is -0.122. The molecule has 1 aliphatic carbocycles. The van der Waals surface area contributed by atoms with Gasteiger partial charge in [0.1, 0.15) is 5.78 Å². The van der Waals surface area contributed by atoms with Gasteiger partial charge in [0.05, 0.1) is 12.7 Å². The summed E-state index contributed by atoms with van der Waals surface area (Å²) in [5, 5.41) is 0. The van der Waals surface area contributed by atoms with Gasteiger partial charge in [0, 0.05) is 31.6 Å². The Balaban J connectivity index is 2.05. The van der Waals surface area contributed by atoms with E-state index in [0.29, 0.717) is 18.1 Å². The monoisotopic (exact) mass is 343 g/mol. The molecule has 0 aromatic carbocycles. The minimum atomic E-state index is 0.121. The Morgan fingerprint density at radius 2 is 1.96 bits per heavy atom. The van der Waals surface area contributed by atoms with Crippen LogP contribution in [0.4, 0.5) is 0 Å². The molecule has 1 unspecified atom stereocenters. The van der Waals surface area contributed by atoms with E-state index in [1.54, 1.807) is 0 Å². The third-order valence-electron chi connectivity index (χ3n) is 4.62. The summed E-state index contributed by atoms with van der Waals surface area (Å²) in [7, 11) is 0. The van der Waals surface area contributed by atoms with E-state index in [1.165, 1.54) is 11.1 Å². The molecular weight excluding hydrogens is 310 g/mol. The molecule has 1 aliphatic heterocycles. The van der Waals surface area contributed by atoms with Crippen molar-refractivity contribution in [3.63, 3.8) is 0 Å². The highest BCUT2D eigenvalue weighted by Crippen LogP contribution is 2.27. The Bertz CT molecular complexity index is 567. The van der Waals surface area contributed by atoms with Crippen LogP contribution in [0.25, 0.3) is 0 Å². The number of nitrogens with zero attached hydrogens (tertiary/aromatic N) is 1. The highest BCUT2D eigenvalue weighted by atomic mass is 16.5. The van der Waals surface area contributed by atoms with Gasteiger partial charge in [0.2, 0.25) is 0 Å². The molecule has 2 aliphatic rings. The molecule has 0 radical (unpaired) electrons. The van der Waals surface area contributed by atoms with Crippen molar-refractivity contribution in [3.05, 3.63) is 47.7 Å². The first-order valence-electron chi connectivity index (χ1n) is 9.61. The number of allylic oxidation sites excluding steroid dienone is 6. The first-order chi connectivity index (χ1) is 12.0. The van der Waals surface area contributed by atoms with Crippen molar-refractivity contribution in [2.75, 3.05) is 19.7 Å². The maximum atomic E-state index is 12.1. The molecule has 1 atom stereocenters. The van der Waals surface area contributed by atoms with Crippen LogP contribution in [0, 0.1) is 11.8 Å². The van der Waals surface area contributed by atoms with E-state index in [-0.39, 0.29) is 12.0 Å². The Kier molecular flexibility index (Phi) is 7.70. The van der Waals surface area contributed by atoms with E-state index in [4.69, 9.17) is 4.74 Å². The third kappa shape index (κ3) is 6.66. The van der Waals surface area contributed by atoms with Gasteiger partial charge < -0.3 is 9.64 Å². The second-order valence-electron chi connectivity index (χ2n) is 7.58. The lowest BCUT2D eigenvalue weighted by Crippen LogP contribution is -2.24. The summed E-state index contributed by atoms with van der Waals surface area (Å²) >= 11 is 0. The van der Waals surface area contributed by atoms with Crippen LogP contribution in [-0.2, 0) is 9.53 Å². The van der Waals surface area contributed by atoms with Crippen LogP contribution in [0.15, 0.2) is 47.7 Å². The fourth-order valence-corrected chi connectivity index (χ4v) is 3.08. The van der Waals surface area contributed by atoms with Crippen LogP contribution < -0.4 is 0 Å². The molecule has 2 rings (SSSR count).